The second-order valence-corrected chi connectivity index (χ2v) is 6.91. The Morgan fingerprint density at radius 3 is 2.50 bits per heavy atom. The molecule has 26 heavy (non-hydrogen) atoms. The lowest BCUT2D eigenvalue weighted by molar-refractivity contribution is -0.113. The van der Waals surface area contributed by atoms with Crippen molar-refractivity contribution in [2.45, 2.75) is 5.16 Å². The molecule has 0 saturated carbocycles. The van der Waals surface area contributed by atoms with Crippen LogP contribution in [0.15, 0.2) is 35.6 Å². The number of ether oxygens (including phenoxy) is 2. The molecular formula is C16H14Cl2N4O3S. The van der Waals surface area contributed by atoms with Gasteiger partial charge in [-0.1, -0.05) is 35.0 Å². The zero-order valence-corrected chi connectivity index (χ0v) is 16.2. The zero-order chi connectivity index (χ0) is 18.7. The summed E-state index contributed by atoms with van der Waals surface area (Å²) in [5.74, 6) is 1.08. The largest absolute Gasteiger partial charge is 0.497 e. The molecule has 0 unspecified atom stereocenters. The van der Waals surface area contributed by atoms with Crippen LogP contribution in [0.3, 0.4) is 0 Å². The number of fused-ring (bicyclic) bond motifs is 1. The summed E-state index contributed by atoms with van der Waals surface area (Å²) in [7, 11) is 3.09. The standard InChI is InChI=1S/C16H14Cl2N4O3S/c1-24-11-4-10(5-12(6-11)25-2)19-14(23)8-26-16-21-20-15-13(18)3-9(17)7-22(15)16/h3-7H,8H2,1-2H3,(H,19,23). The minimum absolute atomic E-state index is 0.129. The van der Waals surface area contributed by atoms with Crippen molar-refractivity contribution in [1.29, 1.82) is 0 Å². The van der Waals surface area contributed by atoms with Crippen molar-refractivity contribution in [3.8, 4) is 11.5 Å². The molecule has 1 amide bonds. The van der Waals surface area contributed by atoms with Crippen LogP contribution in [-0.4, -0.2) is 40.5 Å². The number of amides is 1. The first-order chi connectivity index (χ1) is 12.5. The van der Waals surface area contributed by atoms with Crippen LogP contribution < -0.4 is 14.8 Å². The summed E-state index contributed by atoms with van der Waals surface area (Å²) in [5.41, 5.74) is 1.06. The minimum Gasteiger partial charge on any atom is -0.497 e. The Morgan fingerprint density at radius 1 is 1.15 bits per heavy atom. The smallest absolute Gasteiger partial charge is 0.234 e. The van der Waals surface area contributed by atoms with E-state index in [1.807, 2.05) is 0 Å². The third-order valence-corrected chi connectivity index (χ3v) is 4.79. The van der Waals surface area contributed by atoms with Gasteiger partial charge in [0.25, 0.3) is 0 Å². The van der Waals surface area contributed by atoms with E-state index in [0.29, 0.717) is 38.0 Å². The number of halogens is 2. The highest BCUT2D eigenvalue weighted by Crippen LogP contribution is 2.27. The number of thioether (sulfide) groups is 1. The lowest BCUT2D eigenvalue weighted by atomic mass is 10.2. The highest BCUT2D eigenvalue weighted by atomic mass is 35.5. The number of methoxy groups -OCH3 is 2. The summed E-state index contributed by atoms with van der Waals surface area (Å²) < 4.78 is 12.0. The van der Waals surface area contributed by atoms with Crippen LogP contribution in [0.2, 0.25) is 10.0 Å². The topological polar surface area (TPSA) is 77.8 Å². The van der Waals surface area contributed by atoms with Gasteiger partial charge in [-0.25, -0.2) is 0 Å². The van der Waals surface area contributed by atoms with Crippen molar-refractivity contribution in [3.05, 3.63) is 40.5 Å². The fraction of sp³-hybridized carbons (Fsp3) is 0.188. The third-order valence-electron chi connectivity index (χ3n) is 3.36. The van der Waals surface area contributed by atoms with Gasteiger partial charge < -0.3 is 14.8 Å². The number of hydrogen-bond donors (Lipinski definition) is 1. The Hall–Kier alpha value is -2.16. The summed E-state index contributed by atoms with van der Waals surface area (Å²) in [5, 5.41) is 12.2. The number of rotatable bonds is 6. The van der Waals surface area contributed by atoms with E-state index in [4.69, 9.17) is 32.7 Å². The van der Waals surface area contributed by atoms with Crippen molar-refractivity contribution >= 4 is 52.2 Å². The summed E-state index contributed by atoms with van der Waals surface area (Å²) in [6.07, 6.45) is 1.65. The number of nitrogens with zero attached hydrogens (tertiary/aromatic N) is 3. The molecule has 2 heterocycles. The van der Waals surface area contributed by atoms with E-state index in [1.165, 1.54) is 11.8 Å². The molecule has 1 aromatic carbocycles. The van der Waals surface area contributed by atoms with Crippen molar-refractivity contribution in [3.63, 3.8) is 0 Å². The first-order valence-corrected chi connectivity index (χ1v) is 9.10. The Kier molecular flexibility index (Phi) is 5.75. The summed E-state index contributed by atoms with van der Waals surface area (Å²) in [6, 6.07) is 6.72. The first-order valence-electron chi connectivity index (χ1n) is 7.35. The number of carbonyl (C=O) groups is 1. The fourth-order valence-electron chi connectivity index (χ4n) is 2.21. The number of aromatic nitrogens is 3. The Bertz CT molecular complexity index is 942. The van der Waals surface area contributed by atoms with Crippen LogP contribution >= 0.6 is 35.0 Å². The Morgan fingerprint density at radius 2 is 1.85 bits per heavy atom. The molecule has 3 aromatic rings. The maximum atomic E-state index is 12.3. The molecule has 0 radical (unpaired) electrons. The predicted octanol–water partition coefficient (Wildman–Crippen LogP) is 3.78. The number of carbonyl (C=O) groups excluding carboxylic acids is 1. The SMILES string of the molecule is COc1cc(NC(=O)CSc2nnc3c(Cl)cc(Cl)cn23)cc(OC)c1. The molecule has 10 heteroatoms. The molecule has 0 aliphatic heterocycles. The van der Waals surface area contributed by atoms with Gasteiger partial charge >= 0.3 is 0 Å². The second kappa shape index (κ2) is 8.03. The summed E-state index contributed by atoms with van der Waals surface area (Å²) in [4.78, 5) is 12.3. The van der Waals surface area contributed by atoms with Crippen LogP contribution in [0.25, 0.3) is 5.65 Å². The minimum atomic E-state index is -0.213. The Balaban J connectivity index is 1.70. The van der Waals surface area contributed by atoms with Gasteiger partial charge in [0, 0.05) is 30.1 Å². The van der Waals surface area contributed by atoms with Gasteiger partial charge in [-0.05, 0) is 6.07 Å². The van der Waals surface area contributed by atoms with Crippen molar-refractivity contribution in [1.82, 2.24) is 14.6 Å². The molecule has 136 valence electrons. The van der Waals surface area contributed by atoms with Crippen molar-refractivity contribution in [2.24, 2.45) is 0 Å². The lowest BCUT2D eigenvalue weighted by Gasteiger charge is -2.09. The van der Waals surface area contributed by atoms with E-state index in [1.54, 1.807) is 49.1 Å². The van der Waals surface area contributed by atoms with Gasteiger partial charge in [0.1, 0.15) is 11.5 Å². The van der Waals surface area contributed by atoms with Gasteiger partial charge in [-0.3, -0.25) is 9.20 Å². The van der Waals surface area contributed by atoms with E-state index in [2.05, 4.69) is 15.5 Å². The highest BCUT2D eigenvalue weighted by molar-refractivity contribution is 7.99. The van der Waals surface area contributed by atoms with E-state index in [0.717, 1.165) is 0 Å². The number of nitrogens with one attached hydrogen (secondary N) is 1. The van der Waals surface area contributed by atoms with Gasteiger partial charge in [0.15, 0.2) is 10.8 Å². The van der Waals surface area contributed by atoms with Gasteiger partial charge in [-0.2, -0.15) is 0 Å². The molecule has 0 aliphatic rings. The quantitative estimate of drug-likeness (QED) is 0.620. The fourth-order valence-corrected chi connectivity index (χ4v) is 3.43. The molecular weight excluding hydrogens is 399 g/mol. The second-order valence-electron chi connectivity index (χ2n) is 5.12. The average molecular weight is 413 g/mol. The van der Waals surface area contributed by atoms with Crippen LogP contribution in [-0.2, 0) is 4.79 Å². The first kappa shape index (κ1) is 18.6. The number of pyridine rings is 1. The summed E-state index contributed by atoms with van der Waals surface area (Å²) >= 11 is 13.3. The monoisotopic (exact) mass is 412 g/mol. The van der Waals surface area contributed by atoms with E-state index >= 15 is 0 Å². The maximum Gasteiger partial charge on any atom is 0.234 e. The maximum absolute atomic E-state index is 12.3. The molecule has 1 N–H and O–H groups in total. The number of hydrogen-bond acceptors (Lipinski definition) is 6. The van der Waals surface area contributed by atoms with Crippen LogP contribution in [0.4, 0.5) is 5.69 Å². The average Bonchev–Trinajstić information content (AvgIpc) is 3.02. The number of anilines is 1. The van der Waals surface area contributed by atoms with Gasteiger partial charge in [0.2, 0.25) is 5.91 Å². The lowest BCUT2D eigenvalue weighted by Crippen LogP contribution is -2.14. The van der Waals surface area contributed by atoms with Crippen molar-refractivity contribution in [2.75, 3.05) is 25.3 Å². The molecule has 2 aromatic heterocycles. The Labute approximate surface area is 163 Å². The molecule has 7 nitrogen and oxygen atoms in total. The molecule has 0 saturated heterocycles. The van der Waals surface area contributed by atoms with Gasteiger partial charge in [-0.15, -0.1) is 10.2 Å². The van der Waals surface area contributed by atoms with Crippen molar-refractivity contribution < 1.29 is 14.3 Å². The van der Waals surface area contributed by atoms with Crippen LogP contribution in [0, 0.1) is 0 Å². The van der Waals surface area contributed by atoms with Gasteiger partial charge in [0.05, 0.1) is 30.0 Å². The molecule has 0 aliphatic carbocycles. The molecule has 0 fully saturated rings. The molecule has 0 spiro atoms. The van der Waals surface area contributed by atoms with Crippen LogP contribution in [0.5, 0.6) is 11.5 Å². The van der Waals surface area contributed by atoms with E-state index in [9.17, 15) is 4.79 Å². The van der Waals surface area contributed by atoms with E-state index < -0.39 is 0 Å². The van der Waals surface area contributed by atoms with E-state index in [-0.39, 0.29) is 11.7 Å². The molecule has 3 rings (SSSR count). The third kappa shape index (κ3) is 4.14. The normalized spacial score (nSPS) is 10.8. The molecule has 0 atom stereocenters. The summed E-state index contributed by atoms with van der Waals surface area (Å²) in [6.45, 7) is 0. The molecule has 0 bridgehead atoms. The zero-order valence-electron chi connectivity index (χ0n) is 13.8. The van der Waals surface area contributed by atoms with Crippen LogP contribution in [0.1, 0.15) is 0 Å². The number of benzene rings is 1. The highest BCUT2D eigenvalue weighted by Gasteiger charge is 2.13. The predicted molar refractivity (Wildman–Crippen MR) is 102 cm³/mol.